The van der Waals surface area contributed by atoms with E-state index in [0.29, 0.717) is 22.5 Å². The summed E-state index contributed by atoms with van der Waals surface area (Å²) in [5.74, 6) is 0.849. The van der Waals surface area contributed by atoms with E-state index in [1.54, 1.807) is 18.3 Å². The molecular weight excluding hydrogens is 845 g/mol. The number of aromatic nitrogens is 4. The third-order valence-electron chi connectivity index (χ3n) is 8.81. The summed E-state index contributed by atoms with van der Waals surface area (Å²) in [5, 5.41) is 3.05. The number of aryl methyl sites for hydroxylation is 2. The Labute approximate surface area is 334 Å². The fourth-order valence-electron chi connectivity index (χ4n) is 6.37. The minimum atomic E-state index is -2.17. The summed E-state index contributed by atoms with van der Waals surface area (Å²) >= 11 is 0. The molecule has 4 aromatic heterocycles. The molecule has 7 heteroatoms. The van der Waals surface area contributed by atoms with Crippen molar-refractivity contribution < 1.29 is 31.4 Å². The predicted octanol–water partition coefficient (Wildman–Crippen LogP) is 11.1. The number of rotatable bonds is 6. The first-order valence-corrected chi connectivity index (χ1v) is 21.1. The molecule has 0 aliphatic heterocycles. The van der Waals surface area contributed by atoms with Gasteiger partial charge in [0.15, 0.2) is 0 Å². The Morgan fingerprint density at radius 3 is 2.38 bits per heavy atom. The number of benzene rings is 4. The van der Waals surface area contributed by atoms with Crippen LogP contribution in [0.1, 0.15) is 50.0 Å². The zero-order valence-corrected chi connectivity index (χ0v) is 34.5. The molecule has 0 unspecified atom stereocenters. The SMILES string of the molecule is Cc1ccc2c(n1)oc1c(-c3nc4ccccc4n3Cc3ccccc3)[c-]ccc12.[2H]C([2H])([2H])c1c[c-]c(-c2cc(C([2H])([2H])C(C)(C)C)c([Si](C)(C)C)cn2)cc1.[Ir]. The van der Waals surface area contributed by atoms with Gasteiger partial charge in [-0.3, -0.25) is 4.98 Å². The second-order valence-corrected chi connectivity index (χ2v) is 20.3. The van der Waals surface area contributed by atoms with Crippen molar-refractivity contribution >= 4 is 46.4 Å². The van der Waals surface area contributed by atoms with E-state index in [9.17, 15) is 0 Å². The Kier molecular flexibility index (Phi) is 9.21. The third-order valence-corrected chi connectivity index (χ3v) is 10.8. The number of fused-ring (bicyclic) bond motifs is 4. The van der Waals surface area contributed by atoms with Crippen LogP contribution in [0, 0.1) is 31.3 Å². The molecule has 0 saturated carbocycles. The summed E-state index contributed by atoms with van der Waals surface area (Å²) in [7, 11) is -1.81. The van der Waals surface area contributed by atoms with Gasteiger partial charge in [-0.05, 0) is 59.4 Å². The number of hydrogen-bond donors (Lipinski definition) is 0. The zero-order valence-electron chi connectivity index (χ0n) is 36.1. The molecule has 4 aromatic carbocycles. The van der Waals surface area contributed by atoms with E-state index in [4.69, 9.17) is 16.3 Å². The molecule has 0 amide bonds. The molecule has 5 nitrogen and oxygen atoms in total. The van der Waals surface area contributed by atoms with Crippen molar-refractivity contribution in [1.82, 2.24) is 19.5 Å². The summed E-state index contributed by atoms with van der Waals surface area (Å²) in [6, 6.07) is 39.6. The van der Waals surface area contributed by atoms with Crippen molar-refractivity contribution in [2.24, 2.45) is 5.41 Å². The van der Waals surface area contributed by atoms with Gasteiger partial charge in [0, 0.05) is 50.8 Å². The number of hydrogen-bond acceptors (Lipinski definition) is 4. The maximum atomic E-state index is 8.79. The molecule has 8 aromatic rings. The average Bonchev–Trinajstić information content (AvgIpc) is 3.72. The molecule has 0 aliphatic carbocycles. The molecule has 4 heterocycles. The van der Waals surface area contributed by atoms with Crippen LogP contribution < -0.4 is 5.19 Å². The van der Waals surface area contributed by atoms with Crippen molar-refractivity contribution in [2.45, 2.75) is 67.1 Å². The molecular formula is C46H46IrN4OSi-2. The van der Waals surface area contributed by atoms with E-state index in [-0.39, 0.29) is 25.7 Å². The number of imidazole rings is 1. The average molecular weight is 896 g/mol. The van der Waals surface area contributed by atoms with Gasteiger partial charge in [-0.25, -0.2) is 4.98 Å². The van der Waals surface area contributed by atoms with Crippen molar-refractivity contribution in [3.8, 4) is 22.6 Å². The molecule has 0 fully saturated rings. The van der Waals surface area contributed by atoms with Crippen LogP contribution in [-0.2, 0) is 33.0 Å². The molecule has 0 N–H and O–H groups in total. The van der Waals surface area contributed by atoms with Gasteiger partial charge in [-0.15, -0.1) is 53.6 Å². The zero-order chi connectivity index (χ0) is 40.9. The van der Waals surface area contributed by atoms with E-state index in [2.05, 4.69) is 82.7 Å². The minimum absolute atomic E-state index is 0. The number of pyridine rings is 2. The summed E-state index contributed by atoms with van der Waals surface area (Å²) in [6.45, 7) is 12.8. The molecule has 8 rings (SSSR count). The van der Waals surface area contributed by atoms with Crippen LogP contribution in [0.15, 0.2) is 114 Å². The molecule has 0 atom stereocenters. The Morgan fingerprint density at radius 2 is 1.66 bits per heavy atom. The van der Waals surface area contributed by atoms with Crippen LogP contribution in [0.5, 0.6) is 0 Å². The van der Waals surface area contributed by atoms with Gasteiger partial charge in [0.05, 0.1) is 30.5 Å². The second-order valence-electron chi connectivity index (χ2n) is 15.2. The summed E-state index contributed by atoms with van der Waals surface area (Å²) in [6.07, 6.45) is 0.269. The first kappa shape index (κ1) is 31.8. The Bertz CT molecular complexity index is 2710. The maximum Gasteiger partial charge on any atom is 0.216 e. The van der Waals surface area contributed by atoms with Gasteiger partial charge in [0.25, 0.3) is 0 Å². The first-order chi connectivity index (χ1) is 26.8. The van der Waals surface area contributed by atoms with Crippen LogP contribution in [0.3, 0.4) is 0 Å². The van der Waals surface area contributed by atoms with Gasteiger partial charge >= 0.3 is 0 Å². The Morgan fingerprint density at radius 1 is 0.887 bits per heavy atom. The summed E-state index contributed by atoms with van der Waals surface area (Å²) < 4.78 is 48.5. The molecule has 0 saturated heterocycles. The van der Waals surface area contributed by atoms with Crippen LogP contribution in [0.25, 0.3) is 55.7 Å². The molecule has 1 radical (unpaired) electrons. The fourth-order valence-corrected chi connectivity index (χ4v) is 7.76. The van der Waals surface area contributed by atoms with Crippen molar-refractivity contribution in [3.63, 3.8) is 0 Å². The third kappa shape index (κ3) is 8.44. The molecule has 53 heavy (non-hydrogen) atoms. The molecule has 0 spiro atoms. The number of para-hydroxylation sites is 2. The van der Waals surface area contributed by atoms with Gasteiger partial charge in [0.1, 0.15) is 0 Å². The van der Waals surface area contributed by atoms with Gasteiger partial charge in [-0.1, -0.05) is 112 Å². The van der Waals surface area contributed by atoms with E-state index in [1.165, 1.54) is 11.6 Å². The van der Waals surface area contributed by atoms with E-state index < -0.39 is 26.7 Å². The minimum Gasteiger partial charge on any atom is -0.486 e. The van der Waals surface area contributed by atoms with Crippen LogP contribution >= 0.6 is 0 Å². The summed E-state index contributed by atoms with van der Waals surface area (Å²) in [4.78, 5) is 14.1. The van der Waals surface area contributed by atoms with Crippen molar-refractivity contribution in [2.75, 3.05) is 0 Å². The second kappa shape index (κ2) is 15.4. The van der Waals surface area contributed by atoms with E-state index >= 15 is 0 Å². The summed E-state index contributed by atoms with van der Waals surface area (Å²) in [5.41, 5.74) is 8.08. The smallest absolute Gasteiger partial charge is 0.216 e. The predicted molar refractivity (Wildman–Crippen MR) is 219 cm³/mol. The van der Waals surface area contributed by atoms with Gasteiger partial charge in [0.2, 0.25) is 5.71 Å². The Hall–Kier alpha value is -4.68. The topological polar surface area (TPSA) is 56.7 Å². The largest absolute Gasteiger partial charge is 0.486 e. The quantitative estimate of drug-likeness (QED) is 0.123. The maximum absolute atomic E-state index is 8.79. The monoisotopic (exact) mass is 896 g/mol. The van der Waals surface area contributed by atoms with Crippen molar-refractivity contribution in [3.05, 3.63) is 144 Å². The molecule has 0 bridgehead atoms. The van der Waals surface area contributed by atoms with Crippen molar-refractivity contribution in [1.29, 1.82) is 0 Å². The normalized spacial score (nSPS) is 13.7. The van der Waals surface area contributed by atoms with Crippen LogP contribution in [-0.4, -0.2) is 27.6 Å². The standard InChI is InChI=1S/C26H18N3O.C20H28NSi.Ir/c1-17-14-15-20-19-10-7-11-21(24(19)30-26(20)27-17)25-28-22-12-5-6-13-23(22)29(25)16-18-8-3-2-4-9-18;1-15-8-10-16(11-9-15)18-12-17(13-20(2,3)4)19(14-21-18)22(5,6)7;/h2-10,12-15H,16H2,1H3;8-10,12,14H,13H2,1-7H3;/q2*-1;/i;1D3,13D2;. The van der Waals surface area contributed by atoms with Crippen LogP contribution in [0.2, 0.25) is 19.6 Å². The fraction of sp³-hybridized carbons (Fsp3) is 0.239. The molecule has 0 aliphatic rings. The van der Waals surface area contributed by atoms with Gasteiger partial charge in [-0.2, -0.15) is 0 Å². The van der Waals surface area contributed by atoms with Gasteiger partial charge < -0.3 is 14.0 Å². The van der Waals surface area contributed by atoms with E-state index in [0.717, 1.165) is 56.2 Å². The number of furan rings is 1. The molecule has 271 valence electrons. The first-order valence-electron chi connectivity index (χ1n) is 20.1. The van der Waals surface area contributed by atoms with E-state index in [1.807, 2.05) is 76.2 Å². The van der Waals surface area contributed by atoms with Crippen LogP contribution in [0.4, 0.5) is 0 Å². The number of nitrogens with zero attached hydrogens (tertiary/aromatic N) is 4. The Balaban J connectivity index is 0.000000194.